The lowest BCUT2D eigenvalue weighted by Gasteiger charge is -2.34. The maximum Gasteiger partial charge on any atom is 0.416 e. The second-order valence-corrected chi connectivity index (χ2v) is 11.4. The van der Waals surface area contributed by atoms with Crippen LogP contribution in [0.4, 0.5) is 13.2 Å². The summed E-state index contributed by atoms with van der Waals surface area (Å²) < 4.78 is 39.5. The first kappa shape index (κ1) is 23.2. The van der Waals surface area contributed by atoms with Crippen LogP contribution in [0.5, 0.6) is 0 Å². The normalized spacial score (nSPS) is 24.2. The number of alkyl halides is 3. The fourth-order valence-corrected chi connectivity index (χ4v) is 7.02. The average Bonchev–Trinajstić information content (AvgIpc) is 3.26. The number of pyridine rings is 1. The van der Waals surface area contributed by atoms with E-state index >= 15 is 0 Å². The summed E-state index contributed by atoms with van der Waals surface area (Å²) in [7, 11) is 0. The molecule has 0 aliphatic heterocycles. The van der Waals surface area contributed by atoms with Gasteiger partial charge in [0.05, 0.1) is 17.4 Å². The molecule has 3 nitrogen and oxygen atoms in total. The molecule has 4 aliphatic carbocycles. The van der Waals surface area contributed by atoms with E-state index in [4.69, 9.17) is 4.98 Å². The molecule has 35 heavy (non-hydrogen) atoms. The number of carbonyl (C=O) groups excluding carboxylic acids is 1. The van der Waals surface area contributed by atoms with E-state index in [-0.39, 0.29) is 28.6 Å². The first-order chi connectivity index (χ1) is 16.8. The number of hydrogen-bond donors (Lipinski definition) is 1. The van der Waals surface area contributed by atoms with Crippen LogP contribution in [0.3, 0.4) is 0 Å². The molecular formula is C29H32F3NO2. The third-order valence-electron chi connectivity index (χ3n) is 9.05. The van der Waals surface area contributed by atoms with E-state index in [0.717, 1.165) is 112 Å². The minimum atomic E-state index is -4.44. The topological polar surface area (TPSA) is 50.2 Å². The van der Waals surface area contributed by atoms with E-state index < -0.39 is 17.8 Å². The number of rotatable bonds is 4. The van der Waals surface area contributed by atoms with Gasteiger partial charge in [-0.05, 0) is 80.4 Å². The molecule has 4 aliphatic rings. The van der Waals surface area contributed by atoms with Gasteiger partial charge in [-0.2, -0.15) is 13.2 Å². The van der Waals surface area contributed by atoms with E-state index in [1.54, 1.807) is 0 Å². The van der Waals surface area contributed by atoms with Crippen molar-refractivity contribution in [3.63, 3.8) is 0 Å². The van der Waals surface area contributed by atoms with Crippen LogP contribution in [0.1, 0.15) is 133 Å². The van der Waals surface area contributed by atoms with E-state index in [1.807, 2.05) is 0 Å². The third kappa shape index (κ3) is 4.12. The highest BCUT2D eigenvalue weighted by molar-refractivity contribution is 6.11. The van der Waals surface area contributed by atoms with Crippen LogP contribution in [0.25, 0.3) is 0 Å². The Morgan fingerprint density at radius 3 is 2.09 bits per heavy atom. The molecule has 186 valence electrons. The highest BCUT2D eigenvalue weighted by atomic mass is 19.4. The Morgan fingerprint density at radius 2 is 1.51 bits per heavy atom. The summed E-state index contributed by atoms with van der Waals surface area (Å²) in [6.45, 7) is 0. The van der Waals surface area contributed by atoms with Crippen LogP contribution in [0, 0.1) is 5.41 Å². The Morgan fingerprint density at radius 1 is 0.914 bits per heavy atom. The van der Waals surface area contributed by atoms with Crippen molar-refractivity contribution < 1.29 is 23.1 Å². The zero-order valence-corrected chi connectivity index (χ0v) is 20.0. The number of fused-ring (bicyclic) bond motifs is 1. The molecular weight excluding hydrogens is 451 g/mol. The summed E-state index contributed by atoms with van der Waals surface area (Å²) in [6.07, 6.45) is 7.07. The molecule has 1 aromatic heterocycles. The van der Waals surface area contributed by atoms with Crippen molar-refractivity contribution in [2.75, 3.05) is 0 Å². The third-order valence-corrected chi connectivity index (χ3v) is 9.05. The van der Waals surface area contributed by atoms with Crippen LogP contribution in [-0.4, -0.2) is 15.9 Å². The van der Waals surface area contributed by atoms with Gasteiger partial charge in [0.1, 0.15) is 0 Å². The summed E-state index contributed by atoms with van der Waals surface area (Å²) in [5.74, 6) is 0.156. The number of carbonyl (C=O) groups is 1. The molecule has 6 rings (SSSR count). The minimum Gasteiger partial charge on any atom is -0.388 e. The first-order valence-electron chi connectivity index (χ1n) is 13.2. The quantitative estimate of drug-likeness (QED) is 0.461. The largest absolute Gasteiger partial charge is 0.416 e. The summed E-state index contributed by atoms with van der Waals surface area (Å²) in [5.41, 5.74) is 3.93. The smallest absolute Gasteiger partial charge is 0.388 e. The molecule has 6 heteroatoms. The lowest BCUT2D eigenvalue weighted by Crippen LogP contribution is -2.27. The van der Waals surface area contributed by atoms with Gasteiger partial charge in [-0.3, -0.25) is 9.78 Å². The van der Waals surface area contributed by atoms with Gasteiger partial charge in [0, 0.05) is 28.3 Å². The molecule has 2 aromatic rings. The van der Waals surface area contributed by atoms with Gasteiger partial charge in [-0.1, -0.05) is 37.8 Å². The molecule has 1 spiro atoms. The van der Waals surface area contributed by atoms with Crippen molar-refractivity contribution in [3.8, 4) is 0 Å². The predicted octanol–water partition coefficient (Wildman–Crippen LogP) is 7.41. The Hall–Kier alpha value is -2.21. The molecule has 0 bridgehead atoms. The average molecular weight is 484 g/mol. The van der Waals surface area contributed by atoms with E-state index in [0.29, 0.717) is 5.56 Å². The molecule has 3 saturated carbocycles. The molecule has 3 fully saturated rings. The number of halogens is 3. The number of benzene rings is 1. The van der Waals surface area contributed by atoms with Crippen LogP contribution >= 0.6 is 0 Å². The Bertz CT molecular complexity index is 1140. The number of ketones is 1. The van der Waals surface area contributed by atoms with Gasteiger partial charge in [0.15, 0.2) is 5.78 Å². The predicted molar refractivity (Wildman–Crippen MR) is 126 cm³/mol. The second-order valence-electron chi connectivity index (χ2n) is 11.4. The number of nitrogens with zero attached hydrogens (tertiary/aromatic N) is 1. The van der Waals surface area contributed by atoms with Gasteiger partial charge in [0.2, 0.25) is 0 Å². The lowest BCUT2D eigenvalue weighted by atomic mass is 9.74. The van der Waals surface area contributed by atoms with Crippen LogP contribution in [0.2, 0.25) is 0 Å². The van der Waals surface area contributed by atoms with Gasteiger partial charge in [-0.25, -0.2) is 0 Å². The highest BCUT2D eigenvalue weighted by Crippen LogP contribution is 2.59. The van der Waals surface area contributed by atoms with Crippen molar-refractivity contribution in [1.29, 1.82) is 0 Å². The summed E-state index contributed by atoms with van der Waals surface area (Å²) in [4.78, 5) is 19.2. The number of aliphatic hydroxyl groups is 1. The second kappa shape index (κ2) is 8.43. The van der Waals surface area contributed by atoms with E-state index in [1.165, 1.54) is 12.1 Å². The van der Waals surface area contributed by atoms with Crippen LogP contribution < -0.4 is 0 Å². The summed E-state index contributed by atoms with van der Waals surface area (Å²) in [5, 5.41) is 11.4. The zero-order chi connectivity index (χ0) is 24.4. The molecule has 1 N–H and O–H groups in total. The van der Waals surface area contributed by atoms with Crippen molar-refractivity contribution in [2.45, 2.75) is 101 Å². The van der Waals surface area contributed by atoms with Gasteiger partial charge in [-0.15, -0.1) is 0 Å². The van der Waals surface area contributed by atoms with Gasteiger partial charge >= 0.3 is 6.18 Å². The Balaban J connectivity index is 1.54. The minimum absolute atomic E-state index is 0.165. The number of aromatic nitrogens is 1. The molecule has 1 aromatic carbocycles. The SMILES string of the molecule is O=C(c1ccc(C(F)(F)F)cc1)c1c(C2CCCC2)nc2c(c1C1CCCC1)C(O)CC1(CC1)C2. The van der Waals surface area contributed by atoms with Crippen molar-refractivity contribution in [3.05, 3.63) is 63.5 Å². The zero-order valence-electron chi connectivity index (χ0n) is 20.0. The standard InChI is InChI=1S/C29H32F3NO2/c30-29(31,32)20-11-9-19(10-12-20)27(35)25-23(17-5-1-2-6-17)24-21(15-28(13-14-28)16-22(24)34)33-26(25)18-7-3-4-8-18/h9-12,17-18,22,34H,1-8,13-16H2. The molecule has 0 radical (unpaired) electrons. The maximum atomic E-state index is 14.1. The van der Waals surface area contributed by atoms with E-state index in [9.17, 15) is 23.1 Å². The number of aliphatic hydroxyl groups excluding tert-OH is 1. The molecule has 1 heterocycles. The van der Waals surface area contributed by atoms with Crippen molar-refractivity contribution in [2.24, 2.45) is 5.41 Å². The first-order valence-corrected chi connectivity index (χ1v) is 13.2. The van der Waals surface area contributed by atoms with Crippen LogP contribution in [0.15, 0.2) is 24.3 Å². The fourth-order valence-electron chi connectivity index (χ4n) is 7.02. The van der Waals surface area contributed by atoms with Gasteiger partial charge in [0.25, 0.3) is 0 Å². The van der Waals surface area contributed by atoms with Crippen molar-refractivity contribution in [1.82, 2.24) is 4.98 Å². The lowest BCUT2D eigenvalue weighted by molar-refractivity contribution is -0.137. The molecule has 0 saturated heterocycles. The Kier molecular flexibility index (Phi) is 5.59. The highest BCUT2D eigenvalue weighted by Gasteiger charge is 2.50. The molecule has 1 unspecified atom stereocenters. The number of hydrogen-bond acceptors (Lipinski definition) is 3. The molecule has 1 atom stereocenters. The van der Waals surface area contributed by atoms with Crippen molar-refractivity contribution >= 4 is 5.78 Å². The monoisotopic (exact) mass is 483 g/mol. The fraction of sp³-hybridized carbons (Fsp3) is 0.586. The summed E-state index contributed by atoms with van der Waals surface area (Å²) >= 11 is 0. The maximum absolute atomic E-state index is 14.1. The molecule has 0 amide bonds. The Labute approximate surface area is 204 Å². The van der Waals surface area contributed by atoms with Crippen LogP contribution in [-0.2, 0) is 12.6 Å². The summed E-state index contributed by atoms with van der Waals surface area (Å²) in [6, 6.07) is 4.60. The van der Waals surface area contributed by atoms with E-state index in [2.05, 4.69) is 0 Å². The van der Waals surface area contributed by atoms with Gasteiger partial charge < -0.3 is 5.11 Å².